The van der Waals surface area contributed by atoms with E-state index in [0.717, 1.165) is 6.42 Å². The van der Waals surface area contributed by atoms with Gasteiger partial charge in [-0.3, -0.25) is 0 Å². The maximum absolute atomic E-state index is 7.17. The van der Waals surface area contributed by atoms with Gasteiger partial charge in [0.15, 0.2) is 0 Å². The molecule has 9 heavy (non-hydrogen) atoms. The molecule has 0 rings (SSSR count). The molecule has 0 unspecified atom stereocenters. The second-order valence-corrected chi connectivity index (χ2v) is 2.28. The van der Waals surface area contributed by atoms with Crippen LogP contribution in [-0.2, 0) is 0 Å². The SMILES string of the molecule is C=C(S)/C=C\C(=N)CC. The van der Waals surface area contributed by atoms with Crippen LogP contribution in [-0.4, -0.2) is 5.71 Å². The highest BCUT2D eigenvalue weighted by molar-refractivity contribution is 7.84. The van der Waals surface area contributed by atoms with Gasteiger partial charge in [0.1, 0.15) is 0 Å². The molecule has 0 amide bonds. The number of hydrogen-bond donors (Lipinski definition) is 2. The molecule has 0 aromatic heterocycles. The molecule has 0 spiro atoms. The number of hydrogen-bond acceptors (Lipinski definition) is 2. The first-order chi connectivity index (χ1) is 4.16. The molecule has 0 fully saturated rings. The molecule has 0 atom stereocenters. The van der Waals surface area contributed by atoms with Crippen molar-refractivity contribution >= 4 is 18.3 Å². The van der Waals surface area contributed by atoms with E-state index in [9.17, 15) is 0 Å². The van der Waals surface area contributed by atoms with Gasteiger partial charge in [0.25, 0.3) is 0 Å². The molecule has 2 heteroatoms. The second kappa shape index (κ2) is 4.39. The summed E-state index contributed by atoms with van der Waals surface area (Å²) in [7, 11) is 0. The molecule has 0 aromatic rings. The van der Waals surface area contributed by atoms with Gasteiger partial charge in [0, 0.05) is 5.71 Å². The maximum Gasteiger partial charge on any atom is 0.0311 e. The molecule has 1 N–H and O–H groups in total. The van der Waals surface area contributed by atoms with E-state index in [2.05, 4.69) is 19.2 Å². The van der Waals surface area contributed by atoms with Crippen LogP contribution < -0.4 is 0 Å². The van der Waals surface area contributed by atoms with E-state index in [1.165, 1.54) is 0 Å². The van der Waals surface area contributed by atoms with Crippen LogP contribution in [0.3, 0.4) is 0 Å². The Balaban J connectivity index is 3.71. The van der Waals surface area contributed by atoms with Crippen LogP contribution in [0.5, 0.6) is 0 Å². The standard InChI is InChI=1S/C7H11NS/c1-3-7(8)5-4-6(2)9/h4-5,8-9H,2-3H2,1H3/b5-4-,8-7?. The van der Waals surface area contributed by atoms with E-state index in [-0.39, 0.29) is 0 Å². The van der Waals surface area contributed by atoms with Crippen LogP contribution in [0.4, 0.5) is 0 Å². The Hall–Kier alpha value is -0.500. The summed E-state index contributed by atoms with van der Waals surface area (Å²) in [5, 5.41) is 7.17. The molecular formula is C7H11NS. The number of thiol groups is 1. The zero-order chi connectivity index (χ0) is 7.28. The predicted octanol–water partition coefficient (Wildman–Crippen LogP) is 2.42. The van der Waals surface area contributed by atoms with Crippen molar-refractivity contribution in [2.45, 2.75) is 13.3 Å². The van der Waals surface area contributed by atoms with Gasteiger partial charge >= 0.3 is 0 Å². The monoisotopic (exact) mass is 141 g/mol. The summed E-state index contributed by atoms with van der Waals surface area (Å²) in [5.74, 6) is 0. The lowest BCUT2D eigenvalue weighted by Gasteiger charge is -1.87. The van der Waals surface area contributed by atoms with Crippen molar-refractivity contribution in [1.29, 1.82) is 5.41 Å². The first-order valence-electron chi connectivity index (χ1n) is 2.80. The van der Waals surface area contributed by atoms with Crippen LogP contribution in [0, 0.1) is 5.41 Å². The van der Waals surface area contributed by atoms with Crippen LogP contribution in [0.25, 0.3) is 0 Å². The van der Waals surface area contributed by atoms with Crippen LogP contribution >= 0.6 is 12.6 Å². The molecule has 0 heterocycles. The highest BCUT2D eigenvalue weighted by atomic mass is 32.1. The average Bonchev–Trinajstić information content (AvgIpc) is 1.83. The Morgan fingerprint density at radius 1 is 1.67 bits per heavy atom. The van der Waals surface area contributed by atoms with E-state index >= 15 is 0 Å². The Morgan fingerprint density at radius 3 is 2.56 bits per heavy atom. The molecule has 0 aromatic carbocycles. The van der Waals surface area contributed by atoms with E-state index in [1.807, 2.05) is 6.92 Å². The molecule has 0 aliphatic carbocycles. The van der Waals surface area contributed by atoms with Gasteiger partial charge in [-0.25, -0.2) is 0 Å². The first-order valence-corrected chi connectivity index (χ1v) is 3.25. The van der Waals surface area contributed by atoms with Gasteiger partial charge in [-0.2, -0.15) is 0 Å². The molecule has 0 bridgehead atoms. The normalized spacial score (nSPS) is 10.0. The van der Waals surface area contributed by atoms with E-state index in [4.69, 9.17) is 5.41 Å². The van der Waals surface area contributed by atoms with Gasteiger partial charge in [-0.1, -0.05) is 13.5 Å². The molecule has 0 radical (unpaired) electrons. The third-order valence-electron chi connectivity index (χ3n) is 0.858. The zero-order valence-electron chi connectivity index (χ0n) is 5.52. The lowest BCUT2D eigenvalue weighted by atomic mass is 10.3. The summed E-state index contributed by atoms with van der Waals surface area (Å²) in [6, 6.07) is 0. The Morgan fingerprint density at radius 2 is 2.22 bits per heavy atom. The van der Waals surface area contributed by atoms with E-state index in [1.54, 1.807) is 12.2 Å². The maximum atomic E-state index is 7.17. The molecular weight excluding hydrogens is 130 g/mol. The number of allylic oxidation sites excluding steroid dienone is 2. The number of nitrogens with one attached hydrogen (secondary N) is 1. The second-order valence-electron chi connectivity index (χ2n) is 1.70. The molecule has 50 valence electrons. The van der Waals surface area contributed by atoms with E-state index < -0.39 is 0 Å². The summed E-state index contributed by atoms with van der Waals surface area (Å²) in [4.78, 5) is 0.688. The smallest absolute Gasteiger partial charge is 0.0311 e. The van der Waals surface area contributed by atoms with Crippen molar-refractivity contribution in [2.24, 2.45) is 0 Å². The summed E-state index contributed by atoms with van der Waals surface area (Å²) < 4.78 is 0. The fourth-order valence-electron chi connectivity index (χ4n) is 0.315. The summed E-state index contributed by atoms with van der Waals surface area (Å²) in [5.41, 5.74) is 0.602. The molecule has 0 aliphatic rings. The third kappa shape index (κ3) is 5.37. The third-order valence-corrected chi connectivity index (χ3v) is 1.01. The molecule has 0 saturated carbocycles. The van der Waals surface area contributed by atoms with Crippen molar-refractivity contribution < 1.29 is 0 Å². The van der Waals surface area contributed by atoms with Gasteiger partial charge in [-0.15, -0.1) is 12.6 Å². The van der Waals surface area contributed by atoms with Crippen molar-refractivity contribution in [3.8, 4) is 0 Å². The fraction of sp³-hybridized carbons (Fsp3) is 0.286. The summed E-state index contributed by atoms with van der Waals surface area (Å²) in [6.45, 7) is 5.48. The predicted molar refractivity (Wildman–Crippen MR) is 45.3 cm³/mol. The van der Waals surface area contributed by atoms with E-state index in [0.29, 0.717) is 10.6 Å². The largest absolute Gasteiger partial charge is 0.305 e. The average molecular weight is 141 g/mol. The minimum absolute atomic E-state index is 0.602. The quantitative estimate of drug-likeness (QED) is 0.342. The fourth-order valence-corrected chi connectivity index (χ4v) is 0.389. The minimum atomic E-state index is 0.602. The van der Waals surface area contributed by atoms with Crippen LogP contribution in [0.1, 0.15) is 13.3 Å². The van der Waals surface area contributed by atoms with Crippen molar-refractivity contribution in [1.82, 2.24) is 0 Å². The van der Waals surface area contributed by atoms with Crippen LogP contribution in [0.15, 0.2) is 23.6 Å². The molecule has 0 saturated heterocycles. The minimum Gasteiger partial charge on any atom is -0.305 e. The van der Waals surface area contributed by atoms with Crippen LogP contribution in [0.2, 0.25) is 0 Å². The van der Waals surface area contributed by atoms with Gasteiger partial charge in [0.05, 0.1) is 0 Å². The highest BCUT2D eigenvalue weighted by Gasteiger charge is 1.82. The Bertz CT molecular complexity index is 147. The number of rotatable bonds is 3. The lowest BCUT2D eigenvalue weighted by Crippen LogP contribution is -1.84. The van der Waals surface area contributed by atoms with Crippen molar-refractivity contribution in [2.75, 3.05) is 0 Å². The first kappa shape index (κ1) is 8.50. The lowest BCUT2D eigenvalue weighted by molar-refractivity contribution is 1.26. The van der Waals surface area contributed by atoms with Gasteiger partial charge in [-0.05, 0) is 23.5 Å². The van der Waals surface area contributed by atoms with Crippen molar-refractivity contribution in [3.05, 3.63) is 23.6 Å². The Kier molecular flexibility index (Phi) is 4.14. The molecule has 0 aliphatic heterocycles. The molecule has 1 nitrogen and oxygen atoms in total. The van der Waals surface area contributed by atoms with Crippen molar-refractivity contribution in [3.63, 3.8) is 0 Å². The van der Waals surface area contributed by atoms with Gasteiger partial charge < -0.3 is 5.41 Å². The summed E-state index contributed by atoms with van der Waals surface area (Å²) >= 11 is 3.93. The Labute approximate surface area is 61.4 Å². The van der Waals surface area contributed by atoms with Gasteiger partial charge in [0.2, 0.25) is 0 Å². The zero-order valence-corrected chi connectivity index (χ0v) is 6.41. The summed E-state index contributed by atoms with van der Waals surface area (Å²) in [6.07, 6.45) is 4.18. The topological polar surface area (TPSA) is 23.9 Å². The highest BCUT2D eigenvalue weighted by Crippen LogP contribution is 1.97.